The summed E-state index contributed by atoms with van der Waals surface area (Å²) in [5.41, 5.74) is 3.42. The average molecular weight is 417 g/mol. The number of hydrogen-bond acceptors (Lipinski definition) is 6. The minimum Gasteiger partial charge on any atom is -0.380 e. The summed E-state index contributed by atoms with van der Waals surface area (Å²) in [7, 11) is 1.64. The molecule has 4 heterocycles. The molecular weight excluding hydrogens is 399 g/mol. The van der Waals surface area contributed by atoms with Crippen molar-refractivity contribution in [1.29, 1.82) is 0 Å². The molecule has 0 radical (unpaired) electrons. The van der Waals surface area contributed by atoms with Crippen LogP contribution in [0.5, 0.6) is 0 Å². The number of aromatic nitrogens is 5. The van der Waals surface area contributed by atoms with E-state index in [1.165, 1.54) is 12.3 Å². The van der Waals surface area contributed by atoms with Crippen LogP contribution in [0.2, 0.25) is 0 Å². The van der Waals surface area contributed by atoms with E-state index >= 15 is 0 Å². The van der Waals surface area contributed by atoms with Crippen molar-refractivity contribution in [3.63, 3.8) is 0 Å². The molecule has 7 nitrogen and oxygen atoms in total. The second-order valence-corrected chi connectivity index (χ2v) is 6.72. The second-order valence-electron chi connectivity index (χ2n) is 6.72. The first kappa shape index (κ1) is 20.0. The van der Waals surface area contributed by atoms with Gasteiger partial charge in [0.05, 0.1) is 29.7 Å². The van der Waals surface area contributed by atoms with Crippen molar-refractivity contribution in [1.82, 2.24) is 24.7 Å². The number of aryl methyl sites for hydroxylation is 1. The Morgan fingerprint density at radius 1 is 1.17 bits per heavy atom. The fraction of sp³-hybridized carbons (Fsp3) is 0.300. The fourth-order valence-electron chi connectivity index (χ4n) is 3.26. The van der Waals surface area contributed by atoms with Gasteiger partial charge < -0.3 is 13.8 Å². The Morgan fingerprint density at radius 2 is 1.97 bits per heavy atom. The van der Waals surface area contributed by atoms with Crippen LogP contribution in [0.3, 0.4) is 0 Å². The van der Waals surface area contributed by atoms with E-state index in [4.69, 9.17) is 4.74 Å². The zero-order valence-corrected chi connectivity index (χ0v) is 16.3. The zero-order chi connectivity index (χ0) is 21.3. The van der Waals surface area contributed by atoms with E-state index in [0.717, 1.165) is 29.4 Å². The summed E-state index contributed by atoms with van der Waals surface area (Å²) in [6.45, 7) is 3.41. The highest BCUT2D eigenvalue weighted by molar-refractivity contribution is 5.86. The molecule has 0 aromatic carbocycles. The molecule has 156 valence electrons. The lowest BCUT2D eigenvalue weighted by Gasteiger charge is -2.05. The monoisotopic (exact) mass is 417 g/mol. The predicted molar refractivity (Wildman–Crippen MR) is 102 cm³/mol. The van der Waals surface area contributed by atoms with Crippen LogP contribution in [0.25, 0.3) is 33.7 Å². The van der Waals surface area contributed by atoms with Crippen LogP contribution >= 0.6 is 0 Å². The molecule has 0 atom stereocenters. The molecule has 0 aliphatic carbocycles. The van der Waals surface area contributed by atoms with E-state index in [-0.39, 0.29) is 5.82 Å². The second kappa shape index (κ2) is 7.86. The molecule has 0 saturated heterocycles. The molecule has 0 fully saturated rings. The number of halogens is 3. The van der Waals surface area contributed by atoms with E-state index in [1.807, 2.05) is 12.3 Å². The third-order valence-corrected chi connectivity index (χ3v) is 4.56. The minimum absolute atomic E-state index is 0.166. The molecule has 4 aromatic heterocycles. The summed E-state index contributed by atoms with van der Waals surface area (Å²) < 4.78 is 50.0. The van der Waals surface area contributed by atoms with Crippen molar-refractivity contribution < 1.29 is 22.4 Å². The quantitative estimate of drug-likeness (QED) is 0.452. The Hall–Kier alpha value is -3.27. The first-order chi connectivity index (χ1) is 14.4. The fourth-order valence-corrected chi connectivity index (χ4v) is 3.26. The van der Waals surface area contributed by atoms with Gasteiger partial charge >= 0.3 is 12.1 Å². The third kappa shape index (κ3) is 3.78. The molecule has 0 aliphatic heterocycles. The van der Waals surface area contributed by atoms with E-state index in [2.05, 4.69) is 36.1 Å². The molecule has 0 amide bonds. The number of hydrogen-bond donors (Lipinski definition) is 0. The first-order valence-corrected chi connectivity index (χ1v) is 9.25. The zero-order valence-electron chi connectivity index (χ0n) is 16.3. The number of ether oxygens (including phenoxy) is 1. The number of methoxy groups -OCH3 is 1. The van der Waals surface area contributed by atoms with Crippen molar-refractivity contribution in [3.8, 4) is 22.8 Å². The SMILES string of the molecule is CCCn1cc(COC)c2cc(-c3cc(-c4noc(C(F)(F)F)n4)ccn3)ncc21. The summed E-state index contributed by atoms with van der Waals surface area (Å²) in [6, 6.07) is 5.00. The van der Waals surface area contributed by atoms with Gasteiger partial charge in [0.1, 0.15) is 0 Å². The van der Waals surface area contributed by atoms with Crippen LogP contribution in [-0.4, -0.2) is 31.8 Å². The van der Waals surface area contributed by atoms with Crippen LogP contribution < -0.4 is 0 Å². The molecule has 0 bridgehead atoms. The van der Waals surface area contributed by atoms with Gasteiger partial charge in [-0.3, -0.25) is 9.97 Å². The highest BCUT2D eigenvalue weighted by atomic mass is 19.4. The van der Waals surface area contributed by atoms with Gasteiger partial charge in [-0.15, -0.1) is 0 Å². The van der Waals surface area contributed by atoms with Crippen molar-refractivity contribution in [3.05, 3.63) is 48.2 Å². The summed E-state index contributed by atoms with van der Waals surface area (Å²) >= 11 is 0. The Kier molecular flexibility index (Phi) is 5.25. The molecule has 0 saturated carbocycles. The van der Waals surface area contributed by atoms with Crippen LogP contribution in [0.4, 0.5) is 13.2 Å². The maximum Gasteiger partial charge on any atom is 0.471 e. The molecule has 0 N–H and O–H groups in total. The first-order valence-electron chi connectivity index (χ1n) is 9.25. The Bertz CT molecular complexity index is 1180. The molecule has 10 heteroatoms. The van der Waals surface area contributed by atoms with E-state index in [9.17, 15) is 13.2 Å². The number of nitrogens with zero attached hydrogens (tertiary/aromatic N) is 5. The van der Waals surface area contributed by atoms with Gasteiger partial charge in [0.2, 0.25) is 5.82 Å². The summed E-state index contributed by atoms with van der Waals surface area (Å²) in [5.74, 6) is -1.56. The van der Waals surface area contributed by atoms with Crippen LogP contribution in [-0.2, 0) is 24.1 Å². The van der Waals surface area contributed by atoms with Crippen LogP contribution in [0, 0.1) is 0 Å². The maximum atomic E-state index is 12.7. The molecule has 0 spiro atoms. The highest BCUT2D eigenvalue weighted by Crippen LogP contribution is 2.31. The third-order valence-electron chi connectivity index (χ3n) is 4.56. The Balaban J connectivity index is 1.74. The number of rotatable bonds is 6. The van der Waals surface area contributed by atoms with Gasteiger partial charge in [0, 0.05) is 42.6 Å². The van der Waals surface area contributed by atoms with Crippen LogP contribution in [0.1, 0.15) is 24.8 Å². The van der Waals surface area contributed by atoms with Gasteiger partial charge in [-0.25, -0.2) is 0 Å². The number of alkyl halides is 3. The van der Waals surface area contributed by atoms with Gasteiger partial charge in [-0.2, -0.15) is 18.2 Å². The van der Waals surface area contributed by atoms with Gasteiger partial charge in [0.25, 0.3) is 0 Å². The summed E-state index contributed by atoms with van der Waals surface area (Å²) in [5, 5.41) is 4.41. The van der Waals surface area contributed by atoms with Gasteiger partial charge in [0.15, 0.2) is 0 Å². The lowest BCUT2D eigenvalue weighted by Crippen LogP contribution is -2.04. The van der Waals surface area contributed by atoms with Crippen molar-refractivity contribution >= 4 is 10.9 Å². The van der Waals surface area contributed by atoms with Crippen molar-refractivity contribution in [2.24, 2.45) is 0 Å². The summed E-state index contributed by atoms with van der Waals surface area (Å²) in [4.78, 5) is 12.2. The topological polar surface area (TPSA) is 78.9 Å². The Labute approximate surface area is 169 Å². The standard InChI is InChI=1S/C20H18F3N5O2/c1-3-6-28-10-13(11-29-2)14-8-16(25-9-17(14)28)15-7-12(4-5-24-15)18-26-19(30-27-18)20(21,22)23/h4-5,7-10H,3,6,11H2,1-2H3. The van der Waals surface area contributed by atoms with E-state index in [0.29, 0.717) is 23.6 Å². The highest BCUT2D eigenvalue weighted by Gasteiger charge is 2.38. The van der Waals surface area contributed by atoms with Crippen molar-refractivity contribution in [2.45, 2.75) is 32.7 Å². The number of pyridine rings is 2. The molecular formula is C20H18F3N5O2. The molecule has 4 rings (SSSR count). The molecule has 0 unspecified atom stereocenters. The maximum absolute atomic E-state index is 12.7. The van der Waals surface area contributed by atoms with Gasteiger partial charge in [-0.1, -0.05) is 12.1 Å². The van der Waals surface area contributed by atoms with Gasteiger partial charge in [-0.05, 0) is 24.6 Å². The van der Waals surface area contributed by atoms with Crippen molar-refractivity contribution in [2.75, 3.05) is 7.11 Å². The molecule has 0 aliphatic rings. The van der Waals surface area contributed by atoms with E-state index in [1.54, 1.807) is 19.4 Å². The lowest BCUT2D eigenvalue weighted by atomic mass is 10.1. The van der Waals surface area contributed by atoms with E-state index < -0.39 is 12.1 Å². The smallest absolute Gasteiger partial charge is 0.380 e. The number of fused-ring (bicyclic) bond motifs is 1. The minimum atomic E-state index is -4.70. The molecule has 4 aromatic rings. The van der Waals surface area contributed by atoms with Crippen LogP contribution in [0.15, 0.2) is 41.3 Å². The Morgan fingerprint density at radius 3 is 2.67 bits per heavy atom. The summed E-state index contributed by atoms with van der Waals surface area (Å²) in [6.07, 6.45) is 1.57. The lowest BCUT2D eigenvalue weighted by molar-refractivity contribution is -0.159. The molecule has 30 heavy (non-hydrogen) atoms. The predicted octanol–water partition coefficient (Wildman–Crippen LogP) is 4.72. The average Bonchev–Trinajstić information content (AvgIpc) is 3.35. The largest absolute Gasteiger partial charge is 0.471 e. The normalized spacial score (nSPS) is 12.0.